The Hall–Kier alpha value is -2.75. The third-order valence-electron chi connectivity index (χ3n) is 4.71. The summed E-state index contributed by atoms with van der Waals surface area (Å²) < 4.78 is 26.7. The van der Waals surface area contributed by atoms with E-state index in [-0.39, 0.29) is 12.3 Å². The summed E-state index contributed by atoms with van der Waals surface area (Å²) in [6.45, 7) is 1.86. The van der Waals surface area contributed by atoms with Crippen molar-refractivity contribution >= 4 is 27.6 Å². The molecule has 0 saturated carbocycles. The third kappa shape index (κ3) is 6.38. The molecule has 154 valence electrons. The van der Waals surface area contributed by atoms with Crippen LogP contribution < -0.4 is 15.5 Å². The van der Waals surface area contributed by atoms with Crippen molar-refractivity contribution in [2.24, 2.45) is 0 Å². The zero-order valence-electron chi connectivity index (χ0n) is 16.0. The van der Waals surface area contributed by atoms with Crippen LogP contribution in [0.15, 0.2) is 60.7 Å². The van der Waals surface area contributed by atoms with Gasteiger partial charge in [-0.05, 0) is 17.7 Å². The Labute approximate surface area is 170 Å². The number of imide groups is 1. The fourth-order valence-electron chi connectivity index (χ4n) is 3.22. The minimum absolute atomic E-state index is 0.0245. The molecular weight excluding hydrogens is 392 g/mol. The van der Waals surface area contributed by atoms with Crippen molar-refractivity contribution in [3.63, 3.8) is 0 Å². The molecule has 1 fully saturated rings. The van der Waals surface area contributed by atoms with Crippen molar-refractivity contribution in [3.8, 4) is 0 Å². The summed E-state index contributed by atoms with van der Waals surface area (Å²) >= 11 is 0. The smallest absolute Gasteiger partial charge is 0.325 e. The highest BCUT2D eigenvalue weighted by Gasteiger charge is 2.30. The molecule has 8 nitrogen and oxygen atoms in total. The molecule has 3 N–H and O–H groups in total. The molecule has 1 aliphatic heterocycles. The lowest BCUT2D eigenvalue weighted by atomic mass is 10.2. The van der Waals surface area contributed by atoms with Crippen molar-refractivity contribution in [2.45, 2.75) is 5.75 Å². The van der Waals surface area contributed by atoms with Gasteiger partial charge in [0.05, 0.1) is 31.9 Å². The SMILES string of the molecule is O=C(C[NH+]1CCN(S(=O)(=O)Cc2ccccc2)CC1)NC(=O)Nc1ccccc1. The lowest BCUT2D eigenvalue weighted by Crippen LogP contribution is -3.15. The van der Waals surface area contributed by atoms with E-state index in [1.165, 1.54) is 4.31 Å². The van der Waals surface area contributed by atoms with Gasteiger partial charge in [-0.1, -0.05) is 48.5 Å². The van der Waals surface area contributed by atoms with E-state index in [9.17, 15) is 18.0 Å². The molecule has 1 heterocycles. The molecule has 0 atom stereocenters. The number of carbonyl (C=O) groups is 2. The van der Waals surface area contributed by atoms with Crippen LogP contribution in [0.5, 0.6) is 0 Å². The normalized spacial score (nSPS) is 15.6. The third-order valence-corrected chi connectivity index (χ3v) is 6.56. The van der Waals surface area contributed by atoms with E-state index in [1.807, 2.05) is 24.3 Å². The molecular formula is C20H25N4O4S+. The number of rotatable bonds is 6. The summed E-state index contributed by atoms with van der Waals surface area (Å²) in [5.41, 5.74) is 1.36. The Morgan fingerprint density at radius 1 is 0.931 bits per heavy atom. The topological polar surface area (TPSA) is 100 Å². The predicted molar refractivity (Wildman–Crippen MR) is 110 cm³/mol. The van der Waals surface area contributed by atoms with Gasteiger partial charge in [0.2, 0.25) is 10.0 Å². The second-order valence-electron chi connectivity index (χ2n) is 6.94. The van der Waals surface area contributed by atoms with Crippen LogP contribution >= 0.6 is 0 Å². The van der Waals surface area contributed by atoms with Crippen LogP contribution in [0.3, 0.4) is 0 Å². The summed E-state index contributed by atoms with van der Waals surface area (Å²) in [6, 6.07) is 17.4. The highest BCUT2D eigenvalue weighted by atomic mass is 32.2. The Kier molecular flexibility index (Phi) is 6.97. The lowest BCUT2D eigenvalue weighted by molar-refractivity contribution is -0.895. The Morgan fingerprint density at radius 3 is 2.14 bits per heavy atom. The number of carbonyl (C=O) groups excluding carboxylic acids is 2. The van der Waals surface area contributed by atoms with Crippen molar-refractivity contribution in [1.29, 1.82) is 0 Å². The minimum Gasteiger partial charge on any atom is -0.325 e. The second-order valence-corrected chi connectivity index (χ2v) is 8.90. The molecule has 2 aromatic carbocycles. The average molecular weight is 418 g/mol. The molecule has 1 aliphatic rings. The zero-order valence-corrected chi connectivity index (χ0v) is 16.8. The number of piperazine rings is 1. The van der Waals surface area contributed by atoms with Crippen molar-refractivity contribution < 1.29 is 22.9 Å². The van der Waals surface area contributed by atoms with Gasteiger partial charge in [-0.25, -0.2) is 13.2 Å². The molecule has 0 aromatic heterocycles. The minimum atomic E-state index is -3.39. The zero-order chi connectivity index (χ0) is 20.7. The quantitative estimate of drug-likeness (QED) is 0.619. The lowest BCUT2D eigenvalue weighted by Gasteiger charge is -2.31. The fraction of sp³-hybridized carbons (Fsp3) is 0.300. The first kappa shape index (κ1) is 21.0. The van der Waals surface area contributed by atoms with E-state index >= 15 is 0 Å². The number of nitrogens with zero attached hydrogens (tertiary/aromatic N) is 1. The van der Waals surface area contributed by atoms with Crippen LogP contribution in [-0.4, -0.2) is 57.4 Å². The monoisotopic (exact) mass is 417 g/mol. The molecule has 1 saturated heterocycles. The van der Waals surface area contributed by atoms with E-state index in [1.54, 1.807) is 36.4 Å². The molecule has 0 spiro atoms. The van der Waals surface area contributed by atoms with Crippen molar-refractivity contribution in [3.05, 3.63) is 66.2 Å². The molecule has 3 rings (SSSR count). The molecule has 0 unspecified atom stereocenters. The van der Waals surface area contributed by atoms with Gasteiger partial charge in [0, 0.05) is 5.69 Å². The van der Waals surface area contributed by atoms with E-state index in [2.05, 4.69) is 10.6 Å². The summed E-state index contributed by atoms with van der Waals surface area (Å²) in [4.78, 5) is 24.9. The maximum Gasteiger partial charge on any atom is 0.326 e. The van der Waals surface area contributed by atoms with Crippen LogP contribution in [-0.2, 0) is 20.6 Å². The van der Waals surface area contributed by atoms with Gasteiger partial charge >= 0.3 is 6.03 Å². The first-order valence-electron chi connectivity index (χ1n) is 9.43. The van der Waals surface area contributed by atoms with E-state index < -0.39 is 22.0 Å². The van der Waals surface area contributed by atoms with Crippen LogP contribution in [0.4, 0.5) is 10.5 Å². The number of amides is 3. The molecule has 0 bridgehead atoms. The number of benzene rings is 2. The Morgan fingerprint density at radius 2 is 1.52 bits per heavy atom. The van der Waals surface area contributed by atoms with Gasteiger partial charge in [0.1, 0.15) is 0 Å². The van der Waals surface area contributed by atoms with Crippen LogP contribution in [0.25, 0.3) is 0 Å². The van der Waals surface area contributed by atoms with Gasteiger partial charge in [-0.2, -0.15) is 4.31 Å². The maximum atomic E-state index is 12.6. The highest BCUT2D eigenvalue weighted by molar-refractivity contribution is 7.88. The number of urea groups is 1. The van der Waals surface area contributed by atoms with Gasteiger partial charge in [-0.3, -0.25) is 10.1 Å². The predicted octanol–water partition coefficient (Wildman–Crippen LogP) is 0.0652. The van der Waals surface area contributed by atoms with Crippen LogP contribution in [0.1, 0.15) is 5.56 Å². The highest BCUT2D eigenvalue weighted by Crippen LogP contribution is 2.10. The number of para-hydroxylation sites is 1. The second kappa shape index (κ2) is 9.64. The van der Waals surface area contributed by atoms with Crippen molar-refractivity contribution in [2.75, 3.05) is 38.0 Å². The van der Waals surface area contributed by atoms with Crippen LogP contribution in [0.2, 0.25) is 0 Å². The molecule has 29 heavy (non-hydrogen) atoms. The summed E-state index contributed by atoms with van der Waals surface area (Å²) in [5.74, 6) is -0.419. The first-order chi connectivity index (χ1) is 13.9. The number of nitrogens with one attached hydrogen (secondary N) is 3. The average Bonchev–Trinajstić information content (AvgIpc) is 2.69. The van der Waals surface area contributed by atoms with E-state index in [4.69, 9.17) is 0 Å². The van der Waals surface area contributed by atoms with Crippen LogP contribution in [0, 0.1) is 0 Å². The fourth-order valence-corrected chi connectivity index (χ4v) is 4.75. The molecule has 9 heteroatoms. The van der Waals surface area contributed by atoms with Gasteiger partial charge in [-0.15, -0.1) is 0 Å². The summed E-state index contributed by atoms with van der Waals surface area (Å²) in [6.07, 6.45) is 0. The van der Waals surface area contributed by atoms with E-state index in [0.717, 1.165) is 10.5 Å². The standard InChI is InChI=1S/C20H24N4O4S/c25-19(22-20(26)21-18-9-5-2-6-10-18)15-23-11-13-24(14-12-23)29(27,28)16-17-7-3-1-4-8-17/h1-10H,11-16H2,(H2,21,22,25,26)/p+1. The molecule has 2 aromatic rings. The largest absolute Gasteiger partial charge is 0.326 e. The Balaban J connectivity index is 1.43. The van der Waals surface area contributed by atoms with E-state index in [0.29, 0.717) is 31.9 Å². The molecule has 0 aliphatic carbocycles. The summed E-state index contributed by atoms with van der Waals surface area (Å²) in [7, 11) is -3.39. The first-order valence-corrected chi connectivity index (χ1v) is 11.0. The van der Waals surface area contributed by atoms with Gasteiger partial charge < -0.3 is 10.2 Å². The number of quaternary nitrogens is 1. The number of sulfonamides is 1. The molecule has 0 radical (unpaired) electrons. The number of hydrogen-bond donors (Lipinski definition) is 3. The number of hydrogen-bond acceptors (Lipinski definition) is 4. The molecule has 3 amide bonds. The van der Waals surface area contributed by atoms with Crippen molar-refractivity contribution in [1.82, 2.24) is 9.62 Å². The van der Waals surface area contributed by atoms with Gasteiger partial charge in [0.15, 0.2) is 6.54 Å². The van der Waals surface area contributed by atoms with Gasteiger partial charge in [0.25, 0.3) is 5.91 Å². The Bertz CT molecular complexity index is 927. The summed E-state index contributed by atoms with van der Waals surface area (Å²) in [5, 5.41) is 4.90. The maximum absolute atomic E-state index is 12.6. The number of anilines is 1.